The Morgan fingerprint density at radius 1 is 1.18 bits per heavy atom. The van der Waals surface area contributed by atoms with Crippen molar-refractivity contribution < 1.29 is 17.9 Å². The Bertz CT molecular complexity index is 916. The second kappa shape index (κ2) is 9.30. The van der Waals surface area contributed by atoms with E-state index in [1.807, 2.05) is 31.2 Å². The van der Waals surface area contributed by atoms with Gasteiger partial charge in [0.1, 0.15) is 18.4 Å². The van der Waals surface area contributed by atoms with Crippen LogP contribution in [0.15, 0.2) is 48.5 Å². The van der Waals surface area contributed by atoms with Crippen molar-refractivity contribution in [3.8, 4) is 5.75 Å². The highest BCUT2D eigenvalue weighted by atomic mass is 35.5. The van der Waals surface area contributed by atoms with Gasteiger partial charge in [0.05, 0.1) is 18.0 Å². The maximum absolute atomic E-state index is 12.7. The van der Waals surface area contributed by atoms with Crippen molar-refractivity contribution in [3.63, 3.8) is 0 Å². The first-order chi connectivity index (χ1) is 13.1. The molecule has 28 heavy (non-hydrogen) atoms. The summed E-state index contributed by atoms with van der Waals surface area (Å²) in [5, 5.41) is 3.18. The molecule has 0 aliphatic heterocycles. The average molecular weight is 425 g/mol. The van der Waals surface area contributed by atoms with Crippen LogP contribution in [0.4, 0.5) is 5.69 Å². The summed E-state index contributed by atoms with van der Waals surface area (Å²) in [5.41, 5.74) is 1.46. The molecule has 0 aliphatic carbocycles. The minimum absolute atomic E-state index is 0.261. The molecule has 0 aliphatic rings. The molecular weight excluding hydrogens is 400 g/mol. The first-order valence-corrected chi connectivity index (χ1v) is 11.1. The molecule has 0 saturated heterocycles. The van der Waals surface area contributed by atoms with Gasteiger partial charge in [0, 0.05) is 5.02 Å². The van der Waals surface area contributed by atoms with E-state index in [1.165, 1.54) is 13.0 Å². The van der Waals surface area contributed by atoms with Crippen molar-refractivity contribution in [1.29, 1.82) is 0 Å². The second-order valence-corrected chi connectivity index (χ2v) is 9.04. The maximum Gasteiger partial charge on any atom is 0.243 e. The standard InChI is InChI=1S/C20H25ClN2O4S/c1-14-8-10-19(11-9-14)27-13-15(2)22-20(24)16(3)23(28(4,25)26)18-7-5-6-17(21)12-18/h5-12,15-16H,13H2,1-4H3,(H,22,24)/t15-,16-/m0/s1. The van der Waals surface area contributed by atoms with E-state index in [2.05, 4.69) is 5.32 Å². The molecule has 0 fully saturated rings. The van der Waals surface area contributed by atoms with E-state index in [4.69, 9.17) is 16.3 Å². The Hall–Kier alpha value is -2.25. The second-order valence-electron chi connectivity index (χ2n) is 6.75. The third-order valence-corrected chi connectivity index (χ3v) is 5.54. The van der Waals surface area contributed by atoms with Gasteiger partial charge in [-0.15, -0.1) is 0 Å². The summed E-state index contributed by atoms with van der Waals surface area (Å²) in [6.45, 7) is 5.58. The van der Waals surface area contributed by atoms with Crippen molar-refractivity contribution in [2.75, 3.05) is 17.2 Å². The van der Waals surface area contributed by atoms with Gasteiger partial charge >= 0.3 is 0 Å². The van der Waals surface area contributed by atoms with Crippen molar-refractivity contribution >= 4 is 33.2 Å². The highest BCUT2D eigenvalue weighted by molar-refractivity contribution is 7.92. The summed E-state index contributed by atoms with van der Waals surface area (Å²) in [5.74, 6) is 0.279. The third kappa shape index (κ3) is 6.14. The van der Waals surface area contributed by atoms with Crippen LogP contribution >= 0.6 is 11.6 Å². The minimum atomic E-state index is -3.69. The number of anilines is 1. The molecule has 2 rings (SSSR count). The van der Waals surface area contributed by atoms with Gasteiger partial charge < -0.3 is 10.1 Å². The molecule has 2 aromatic carbocycles. The molecule has 0 heterocycles. The number of sulfonamides is 1. The Morgan fingerprint density at radius 3 is 2.39 bits per heavy atom. The van der Waals surface area contributed by atoms with E-state index in [-0.39, 0.29) is 12.6 Å². The lowest BCUT2D eigenvalue weighted by Crippen LogP contribution is -2.50. The summed E-state index contributed by atoms with van der Waals surface area (Å²) < 4.78 is 31.3. The molecular formula is C20H25ClN2O4S. The van der Waals surface area contributed by atoms with Crippen LogP contribution < -0.4 is 14.4 Å². The molecule has 0 radical (unpaired) electrons. The Balaban J connectivity index is 2.04. The van der Waals surface area contributed by atoms with E-state index in [1.54, 1.807) is 25.1 Å². The minimum Gasteiger partial charge on any atom is -0.491 e. The lowest BCUT2D eigenvalue weighted by atomic mass is 10.2. The van der Waals surface area contributed by atoms with Crippen LogP contribution in [0.1, 0.15) is 19.4 Å². The van der Waals surface area contributed by atoms with Gasteiger partial charge in [-0.05, 0) is 51.1 Å². The van der Waals surface area contributed by atoms with Crippen LogP contribution in [0, 0.1) is 6.92 Å². The number of carbonyl (C=O) groups excluding carboxylic acids is 1. The molecule has 1 N–H and O–H groups in total. The largest absolute Gasteiger partial charge is 0.491 e. The fraction of sp³-hybridized carbons (Fsp3) is 0.350. The van der Waals surface area contributed by atoms with E-state index < -0.39 is 22.0 Å². The topological polar surface area (TPSA) is 75.7 Å². The van der Waals surface area contributed by atoms with Crippen LogP contribution in [0.3, 0.4) is 0 Å². The first-order valence-electron chi connectivity index (χ1n) is 8.82. The number of carbonyl (C=O) groups is 1. The van der Waals surface area contributed by atoms with Gasteiger partial charge in [-0.25, -0.2) is 8.42 Å². The van der Waals surface area contributed by atoms with Gasteiger partial charge in [-0.1, -0.05) is 35.4 Å². The Kier molecular flexibility index (Phi) is 7.32. The molecule has 0 unspecified atom stereocenters. The number of aryl methyl sites for hydroxylation is 1. The zero-order valence-corrected chi connectivity index (χ0v) is 17.9. The smallest absolute Gasteiger partial charge is 0.243 e. The highest BCUT2D eigenvalue weighted by Crippen LogP contribution is 2.24. The monoisotopic (exact) mass is 424 g/mol. The van der Waals surface area contributed by atoms with E-state index in [0.717, 1.165) is 16.1 Å². The predicted octanol–water partition coefficient (Wildman–Crippen LogP) is 3.39. The number of halogens is 1. The fourth-order valence-corrected chi connectivity index (χ4v) is 4.03. The van der Waals surface area contributed by atoms with Gasteiger partial charge in [0.2, 0.25) is 15.9 Å². The summed E-state index contributed by atoms with van der Waals surface area (Å²) in [4.78, 5) is 12.7. The van der Waals surface area contributed by atoms with Crippen molar-refractivity contribution in [3.05, 3.63) is 59.1 Å². The van der Waals surface area contributed by atoms with Gasteiger partial charge in [-0.2, -0.15) is 0 Å². The molecule has 0 spiro atoms. The molecule has 8 heteroatoms. The van der Waals surface area contributed by atoms with Crippen LogP contribution in [0.25, 0.3) is 0 Å². The Morgan fingerprint density at radius 2 is 1.82 bits per heavy atom. The van der Waals surface area contributed by atoms with Crippen molar-refractivity contribution in [2.45, 2.75) is 32.9 Å². The Labute approximate surface area is 171 Å². The molecule has 152 valence electrons. The number of rotatable bonds is 8. The number of hydrogen-bond acceptors (Lipinski definition) is 4. The molecule has 1 amide bonds. The number of ether oxygens (including phenoxy) is 1. The fourth-order valence-electron chi connectivity index (χ4n) is 2.68. The van der Waals surface area contributed by atoms with Crippen LogP contribution in [-0.2, 0) is 14.8 Å². The molecule has 0 saturated carbocycles. The van der Waals surface area contributed by atoms with Gasteiger partial charge in [0.25, 0.3) is 0 Å². The van der Waals surface area contributed by atoms with Gasteiger partial charge in [-0.3, -0.25) is 9.10 Å². The summed E-state index contributed by atoms with van der Waals surface area (Å²) in [6, 6.07) is 12.7. The quantitative estimate of drug-likeness (QED) is 0.704. The third-order valence-electron chi connectivity index (χ3n) is 4.06. The molecule has 0 bridgehead atoms. The van der Waals surface area contributed by atoms with E-state index in [9.17, 15) is 13.2 Å². The number of hydrogen-bond donors (Lipinski definition) is 1. The van der Waals surface area contributed by atoms with Crippen LogP contribution in [-0.4, -0.2) is 39.3 Å². The maximum atomic E-state index is 12.7. The number of nitrogens with one attached hydrogen (secondary N) is 1. The zero-order valence-electron chi connectivity index (χ0n) is 16.3. The lowest BCUT2D eigenvalue weighted by molar-refractivity contribution is -0.122. The summed E-state index contributed by atoms with van der Waals surface area (Å²) in [6.07, 6.45) is 1.06. The summed E-state index contributed by atoms with van der Waals surface area (Å²) >= 11 is 5.98. The van der Waals surface area contributed by atoms with E-state index in [0.29, 0.717) is 16.5 Å². The number of nitrogens with zero attached hydrogens (tertiary/aromatic N) is 1. The van der Waals surface area contributed by atoms with Crippen molar-refractivity contribution in [2.24, 2.45) is 0 Å². The van der Waals surface area contributed by atoms with E-state index >= 15 is 0 Å². The molecule has 2 atom stereocenters. The highest BCUT2D eigenvalue weighted by Gasteiger charge is 2.29. The number of amides is 1. The normalized spacial score (nSPS) is 13.5. The first kappa shape index (κ1) is 22.0. The SMILES string of the molecule is Cc1ccc(OC[C@H](C)NC(=O)[C@H](C)N(c2cccc(Cl)c2)S(C)(=O)=O)cc1. The summed E-state index contributed by atoms with van der Waals surface area (Å²) in [7, 11) is -3.69. The number of benzene rings is 2. The van der Waals surface area contributed by atoms with Crippen molar-refractivity contribution in [1.82, 2.24) is 5.32 Å². The van der Waals surface area contributed by atoms with Crippen LogP contribution in [0.2, 0.25) is 5.02 Å². The zero-order chi connectivity index (χ0) is 20.9. The predicted molar refractivity (Wildman–Crippen MR) is 113 cm³/mol. The van der Waals surface area contributed by atoms with Gasteiger partial charge in [0.15, 0.2) is 0 Å². The lowest BCUT2D eigenvalue weighted by Gasteiger charge is -2.29. The van der Waals surface area contributed by atoms with Crippen LogP contribution in [0.5, 0.6) is 5.75 Å². The molecule has 2 aromatic rings. The molecule has 6 nitrogen and oxygen atoms in total. The average Bonchev–Trinajstić information content (AvgIpc) is 2.60. The molecule has 0 aromatic heterocycles.